The van der Waals surface area contributed by atoms with E-state index in [-0.39, 0.29) is 23.9 Å². The molecule has 6 heteroatoms. The summed E-state index contributed by atoms with van der Waals surface area (Å²) >= 11 is 1.60. The number of anilines is 1. The molecule has 2 amide bonds. The van der Waals surface area contributed by atoms with E-state index in [0.717, 1.165) is 17.0 Å². The third-order valence-corrected chi connectivity index (χ3v) is 7.93. The maximum Gasteiger partial charge on any atom is 0.254 e. The lowest BCUT2D eigenvalue weighted by molar-refractivity contribution is -0.135. The van der Waals surface area contributed by atoms with Gasteiger partial charge in [-0.2, -0.15) is 0 Å². The van der Waals surface area contributed by atoms with Crippen molar-refractivity contribution in [3.63, 3.8) is 0 Å². The zero-order valence-electron chi connectivity index (χ0n) is 19.3. The fourth-order valence-corrected chi connectivity index (χ4v) is 6.14. The normalized spacial score (nSPS) is 22.9. The van der Waals surface area contributed by atoms with Crippen LogP contribution in [0.5, 0.6) is 0 Å². The van der Waals surface area contributed by atoms with Crippen molar-refractivity contribution in [3.8, 4) is 0 Å². The number of carbonyl (C=O) groups is 2. The SMILES string of the molecule is Cc1ccc(N2CCN(C(=O)[C@@H]3c4ccccc4C(=O)N(C)[C@H]3c3cccs3)C[C@H]2C)cc1. The third kappa shape index (κ3) is 3.82. The van der Waals surface area contributed by atoms with Crippen LogP contribution in [-0.4, -0.2) is 54.3 Å². The molecule has 2 aliphatic rings. The van der Waals surface area contributed by atoms with Gasteiger partial charge in [0.1, 0.15) is 0 Å². The van der Waals surface area contributed by atoms with Gasteiger partial charge in [0.05, 0.1) is 12.0 Å². The molecular weight excluding hydrogens is 430 g/mol. The van der Waals surface area contributed by atoms with E-state index in [9.17, 15) is 9.59 Å². The van der Waals surface area contributed by atoms with E-state index >= 15 is 0 Å². The number of rotatable bonds is 3. The summed E-state index contributed by atoms with van der Waals surface area (Å²) in [5.74, 6) is -0.318. The second kappa shape index (κ2) is 8.67. The Bertz CT molecular complexity index is 1160. The van der Waals surface area contributed by atoms with Crippen LogP contribution in [0.15, 0.2) is 66.0 Å². The number of amides is 2. The van der Waals surface area contributed by atoms with Gasteiger partial charge in [-0.3, -0.25) is 9.59 Å². The van der Waals surface area contributed by atoms with Crippen molar-refractivity contribution in [1.29, 1.82) is 0 Å². The number of hydrogen-bond acceptors (Lipinski definition) is 4. The van der Waals surface area contributed by atoms with Crippen LogP contribution in [0, 0.1) is 6.92 Å². The fourth-order valence-electron chi connectivity index (χ4n) is 5.23. The van der Waals surface area contributed by atoms with Gasteiger partial charge in [0, 0.05) is 48.9 Å². The molecule has 0 unspecified atom stereocenters. The van der Waals surface area contributed by atoms with Crippen LogP contribution >= 0.6 is 11.3 Å². The van der Waals surface area contributed by atoms with Gasteiger partial charge in [-0.15, -0.1) is 11.3 Å². The second-order valence-electron chi connectivity index (χ2n) is 9.10. The Morgan fingerprint density at radius 1 is 1.00 bits per heavy atom. The smallest absolute Gasteiger partial charge is 0.254 e. The van der Waals surface area contributed by atoms with Crippen molar-refractivity contribution in [2.45, 2.75) is 31.8 Å². The molecular formula is C27H29N3O2S. The molecule has 3 aromatic rings. The number of fused-ring (bicyclic) bond motifs is 1. The van der Waals surface area contributed by atoms with Crippen molar-refractivity contribution in [2.75, 3.05) is 31.6 Å². The van der Waals surface area contributed by atoms with E-state index in [1.807, 2.05) is 53.7 Å². The highest BCUT2D eigenvalue weighted by Gasteiger charge is 2.45. The predicted molar refractivity (Wildman–Crippen MR) is 133 cm³/mol. The highest BCUT2D eigenvalue weighted by molar-refractivity contribution is 7.10. The molecule has 5 rings (SSSR count). The number of thiophene rings is 1. The molecule has 33 heavy (non-hydrogen) atoms. The largest absolute Gasteiger partial charge is 0.365 e. The van der Waals surface area contributed by atoms with Gasteiger partial charge in [0.2, 0.25) is 5.91 Å². The Hall–Kier alpha value is -3.12. The van der Waals surface area contributed by atoms with Crippen LogP contribution in [-0.2, 0) is 4.79 Å². The van der Waals surface area contributed by atoms with E-state index in [1.54, 1.807) is 16.2 Å². The lowest BCUT2D eigenvalue weighted by Gasteiger charge is -2.45. The van der Waals surface area contributed by atoms with Crippen LogP contribution in [0.2, 0.25) is 0 Å². The molecule has 2 aliphatic heterocycles. The van der Waals surface area contributed by atoms with Crippen LogP contribution in [0.1, 0.15) is 45.2 Å². The molecule has 0 N–H and O–H groups in total. The minimum atomic E-state index is -0.402. The zero-order valence-corrected chi connectivity index (χ0v) is 20.1. The average Bonchev–Trinajstić information content (AvgIpc) is 3.36. The first kappa shape index (κ1) is 21.7. The first-order chi connectivity index (χ1) is 16.0. The van der Waals surface area contributed by atoms with Gasteiger partial charge in [-0.1, -0.05) is 42.0 Å². The van der Waals surface area contributed by atoms with Gasteiger partial charge in [-0.25, -0.2) is 0 Å². The highest BCUT2D eigenvalue weighted by Crippen LogP contribution is 2.44. The van der Waals surface area contributed by atoms with Crippen LogP contribution in [0.3, 0.4) is 0 Å². The Morgan fingerprint density at radius 2 is 1.76 bits per heavy atom. The molecule has 1 fully saturated rings. The molecule has 3 heterocycles. The Morgan fingerprint density at radius 3 is 2.45 bits per heavy atom. The van der Waals surface area contributed by atoms with Crippen LogP contribution in [0.25, 0.3) is 0 Å². The highest BCUT2D eigenvalue weighted by atomic mass is 32.1. The lowest BCUT2D eigenvalue weighted by atomic mass is 9.81. The molecule has 0 radical (unpaired) electrons. The second-order valence-corrected chi connectivity index (χ2v) is 10.1. The number of aryl methyl sites for hydroxylation is 1. The Balaban J connectivity index is 1.45. The van der Waals surface area contributed by atoms with Crippen LogP contribution < -0.4 is 4.90 Å². The molecule has 5 nitrogen and oxygen atoms in total. The van der Waals surface area contributed by atoms with Crippen molar-refractivity contribution in [3.05, 3.63) is 87.6 Å². The van der Waals surface area contributed by atoms with Gasteiger partial charge in [0.15, 0.2) is 0 Å². The maximum atomic E-state index is 14.1. The van der Waals surface area contributed by atoms with E-state index in [2.05, 4.69) is 43.0 Å². The quantitative estimate of drug-likeness (QED) is 0.570. The van der Waals surface area contributed by atoms with Gasteiger partial charge in [0.25, 0.3) is 5.91 Å². The van der Waals surface area contributed by atoms with E-state index < -0.39 is 5.92 Å². The summed E-state index contributed by atoms with van der Waals surface area (Å²) in [6.45, 7) is 6.41. The summed E-state index contributed by atoms with van der Waals surface area (Å²) in [5, 5.41) is 2.01. The molecule has 3 atom stereocenters. The lowest BCUT2D eigenvalue weighted by Crippen LogP contribution is -2.56. The molecule has 0 saturated carbocycles. The summed E-state index contributed by atoms with van der Waals surface area (Å²) in [4.78, 5) is 34.4. The Labute approximate surface area is 199 Å². The standard InChI is InChI=1S/C27H29N3O2S/c1-18-10-12-20(13-11-18)30-15-14-29(17-19(30)2)27(32)24-21-7-4-5-8-22(21)26(31)28(3)25(24)23-9-6-16-33-23/h4-13,16,19,24-25H,14-15,17H2,1-3H3/t19-,24-,25+/m1/s1. The minimum Gasteiger partial charge on any atom is -0.365 e. The number of carbonyl (C=O) groups excluding carboxylic acids is 2. The number of benzene rings is 2. The number of likely N-dealkylation sites (N-methyl/N-ethyl adjacent to an activating group) is 1. The fraction of sp³-hybridized carbons (Fsp3) is 0.333. The molecule has 0 spiro atoms. The summed E-state index contributed by atoms with van der Waals surface area (Å²) < 4.78 is 0. The molecule has 170 valence electrons. The van der Waals surface area contributed by atoms with Crippen molar-refractivity contribution in [1.82, 2.24) is 9.80 Å². The van der Waals surface area contributed by atoms with Gasteiger partial charge in [-0.05, 0) is 49.1 Å². The molecule has 0 bridgehead atoms. The first-order valence-electron chi connectivity index (χ1n) is 11.5. The summed E-state index contributed by atoms with van der Waals surface area (Å²) in [5.41, 5.74) is 3.93. The van der Waals surface area contributed by atoms with Gasteiger partial charge < -0.3 is 14.7 Å². The minimum absolute atomic E-state index is 0.0226. The predicted octanol–water partition coefficient (Wildman–Crippen LogP) is 4.70. The molecule has 0 aliphatic carbocycles. The molecule has 1 aromatic heterocycles. The summed E-state index contributed by atoms with van der Waals surface area (Å²) in [6.07, 6.45) is 0. The average molecular weight is 460 g/mol. The van der Waals surface area contributed by atoms with Crippen molar-refractivity contribution in [2.24, 2.45) is 0 Å². The number of nitrogens with zero attached hydrogens (tertiary/aromatic N) is 3. The molecule has 1 saturated heterocycles. The van der Waals surface area contributed by atoms with E-state index in [1.165, 1.54) is 11.3 Å². The maximum absolute atomic E-state index is 14.1. The van der Waals surface area contributed by atoms with Crippen molar-refractivity contribution >= 4 is 28.8 Å². The third-order valence-electron chi connectivity index (χ3n) is 6.99. The topological polar surface area (TPSA) is 43.9 Å². The van der Waals surface area contributed by atoms with Gasteiger partial charge >= 0.3 is 0 Å². The number of piperazine rings is 1. The van der Waals surface area contributed by atoms with E-state index in [4.69, 9.17) is 0 Å². The zero-order chi connectivity index (χ0) is 23.1. The Kier molecular flexibility index (Phi) is 5.71. The van der Waals surface area contributed by atoms with Crippen LogP contribution in [0.4, 0.5) is 5.69 Å². The first-order valence-corrected chi connectivity index (χ1v) is 12.3. The molecule has 2 aromatic carbocycles. The monoisotopic (exact) mass is 459 g/mol. The summed E-state index contributed by atoms with van der Waals surface area (Å²) in [7, 11) is 1.82. The van der Waals surface area contributed by atoms with E-state index in [0.29, 0.717) is 18.7 Å². The summed E-state index contributed by atoms with van der Waals surface area (Å²) in [6, 6.07) is 20.1. The van der Waals surface area contributed by atoms with Crippen molar-refractivity contribution < 1.29 is 9.59 Å². The number of hydrogen-bond donors (Lipinski definition) is 0.